The maximum Gasteiger partial charge on any atom is 0.225 e. The van der Waals surface area contributed by atoms with Gasteiger partial charge in [0.2, 0.25) is 5.91 Å². The highest BCUT2D eigenvalue weighted by atomic mass is 16.2. The summed E-state index contributed by atoms with van der Waals surface area (Å²) in [5.41, 5.74) is 0. The Bertz CT molecular complexity index is 454. The minimum absolute atomic E-state index is 0.145. The van der Waals surface area contributed by atoms with Crippen molar-refractivity contribution in [2.75, 3.05) is 45.8 Å². The van der Waals surface area contributed by atoms with Gasteiger partial charge in [-0.1, -0.05) is 27.7 Å². The lowest BCUT2D eigenvalue weighted by Crippen LogP contribution is -2.49. The molecule has 3 aliphatic heterocycles. The fraction of sp³-hybridized carbons (Fsp3) is 0.957. The van der Waals surface area contributed by atoms with Gasteiger partial charge in [0.15, 0.2) is 0 Å². The van der Waals surface area contributed by atoms with E-state index in [1.165, 1.54) is 71.2 Å². The zero-order valence-corrected chi connectivity index (χ0v) is 18.3. The molecule has 3 rings (SSSR count). The molecule has 156 valence electrons. The van der Waals surface area contributed by atoms with Gasteiger partial charge in [-0.25, -0.2) is 0 Å². The topological polar surface area (TPSA) is 26.8 Å². The summed E-state index contributed by atoms with van der Waals surface area (Å²) in [7, 11) is 0. The zero-order valence-electron chi connectivity index (χ0n) is 18.3. The molecule has 0 atom stereocenters. The molecule has 0 spiro atoms. The van der Waals surface area contributed by atoms with Gasteiger partial charge in [-0.15, -0.1) is 0 Å². The Morgan fingerprint density at radius 1 is 0.815 bits per heavy atom. The van der Waals surface area contributed by atoms with E-state index in [4.69, 9.17) is 0 Å². The summed E-state index contributed by atoms with van der Waals surface area (Å²) in [6.07, 6.45) is 7.92. The van der Waals surface area contributed by atoms with E-state index in [0.717, 1.165) is 36.9 Å². The number of rotatable bonds is 5. The Balaban J connectivity index is 1.34. The molecule has 0 radical (unpaired) electrons. The lowest BCUT2D eigenvalue weighted by Gasteiger charge is -2.43. The molecule has 3 fully saturated rings. The largest absolute Gasteiger partial charge is 0.342 e. The van der Waals surface area contributed by atoms with Gasteiger partial charge in [0, 0.05) is 31.6 Å². The van der Waals surface area contributed by atoms with E-state index in [2.05, 4.69) is 28.5 Å². The number of nitrogens with zero attached hydrogens (tertiary/aromatic N) is 3. The second kappa shape index (κ2) is 9.73. The van der Waals surface area contributed by atoms with Crippen LogP contribution in [0.15, 0.2) is 0 Å². The molecule has 4 heteroatoms. The normalized spacial score (nSPS) is 25.6. The van der Waals surface area contributed by atoms with Crippen molar-refractivity contribution in [1.29, 1.82) is 0 Å². The van der Waals surface area contributed by atoms with Crippen LogP contribution >= 0.6 is 0 Å². The van der Waals surface area contributed by atoms with E-state index in [9.17, 15) is 4.79 Å². The molecule has 0 N–H and O–H groups in total. The Hall–Kier alpha value is -0.610. The second-order valence-electron chi connectivity index (χ2n) is 10.1. The molecule has 0 aromatic rings. The minimum Gasteiger partial charge on any atom is -0.342 e. The van der Waals surface area contributed by atoms with Crippen LogP contribution in [0.2, 0.25) is 0 Å². The number of carbonyl (C=O) groups is 1. The molecule has 1 amide bonds. The summed E-state index contributed by atoms with van der Waals surface area (Å²) >= 11 is 0. The molecule has 0 aliphatic carbocycles. The van der Waals surface area contributed by atoms with Crippen LogP contribution in [0.25, 0.3) is 0 Å². The van der Waals surface area contributed by atoms with Crippen LogP contribution in [0.1, 0.15) is 66.2 Å². The van der Waals surface area contributed by atoms with E-state index in [-0.39, 0.29) is 5.92 Å². The highest BCUT2D eigenvalue weighted by molar-refractivity contribution is 5.78. The van der Waals surface area contributed by atoms with Gasteiger partial charge in [-0.2, -0.15) is 0 Å². The maximum atomic E-state index is 12.1. The molecule has 3 saturated heterocycles. The van der Waals surface area contributed by atoms with Crippen molar-refractivity contribution in [2.45, 2.75) is 72.3 Å². The van der Waals surface area contributed by atoms with Gasteiger partial charge in [-0.3, -0.25) is 4.79 Å². The van der Waals surface area contributed by atoms with Gasteiger partial charge in [-0.05, 0) is 82.5 Å². The van der Waals surface area contributed by atoms with Gasteiger partial charge in [0.1, 0.15) is 0 Å². The number of hydrogen-bond donors (Lipinski definition) is 0. The minimum atomic E-state index is 0.145. The summed E-state index contributed by atoms with van der Waals surface area (Å²) in [4.78, 5) is 19.7. The maximum absolute atomic E-state index is 12.1. The molecule has 0 saturated carbocycles. The summed E-state index contributed by atoms with van der Waals surface area (Å²) < 4.78 is 0. The summed E-state index contributed by atoms with van der Waals surface area (Å²) in [6, 6.07) is 0.833. The van der Waals surface area contributed by atoms with Crippen LogP contribution < -0.4 is 0 Å². The van der Waals surface area contributed by atoms with Gasteiger partial charge in [0.05, 0.1) is 0 Å². The van der Waals surface area contributed by atoms with Crippen LogP contribution in [-0.4, -0.2) is 72.5 Å². The number of amides is 1. The fourth-order valence-corrected chi connectivity index (χ4v) is 5.48. The highest BCUT2D eigenvalue weighted by Crippen LogP contribution is 2.28. The van der Waals surface area contributed by atoms with Crippen molar-refractivity contribution in [3.05, 3.63) is 0 Å². The summed E-state index contributed by atoms with van der Waals surface area (Å²) in [6.45, 7) is 17.2. The third-order valence-corrected chi connectivity index (χ3v) is 7.53. The Labute approximate surface area is 167 Å². The van der Waals surface area contributed by atoms with E-state index in [1.54, 1.807) is 0 Å². The van der Waals surface area contributed by atoms with Crippen molar-refractivity contribution in [2.24, 2.45) is 23.7 Å². The predicted octanol–water partition coefficient (Wildman–Crippen LogP) is 3.71. The lowest BCUT2D eigenvalue weighted by atomic mass is 9.85. The van der Waals surface area contributed by atoms with E-state index in [0.29, 0.717) is 5.91 Å². The van der Waals surface area contributed by atoms with E-state index >= 15 is 0 Å². The summed E-state index contributed by atoms with van der Waals surface area (Å²) in [5, 5.41) is 0. The molecule has 0 aromatic heterocycles. The average Bonchev–Trinajstić information content (AvgIpc) is 2.68. The number of carbonyl (C=O) groups excluding carboxylic acids is 1. The zero-order chi connectivity index (χ0) is 19.4. The average molecular weight is 378 g/mol. The monoisotopic (exact) mass is 377 g/mol. The molecule has 0 bridgehead atoms. The van der Waals surface area contributed by atoms with Gasteiger partial charge < -0.3 is 14.7 Å². The first-order chi connectivity index (χ1) is 12.9. The molecular formula is C23H43N3O. The van der Waals surface area contributed by atoms with E-state index < -0.39 is 0 Å². The molecule has 3 heterocycles. The summed E-state index contributed by atoms with van der Waals surface area (Å²) in [5.74, 6) is 3.09. The smallest absolute Gasteiger partial charge is 0.225 e. The fourth-order valence-electron chi connectivity index (χ4n) is 5.48. The number of piperidine rings is 3. The van der Waals surface area contributed by atoms with Crippen LogP contribution in [-0.2, 0) is 4.79 Å². The standard InChI is InChI=1S/C23H43N3O/c1-18(2)21-7-15-25(16-8-21)22-9-11-24(12-10-22)17-20-5-13-26(14-6-20)23(27)19(3)4/h18-22H,5-17H2,1-4H3. The molecular weight excluding hydrogens is 334 g/mol. The molecule has 27 heavy (non-hydrogen) atoms. The molecule has 0 aromatic carbocycles. The van der Waals surface area contributed by atoms with Crippen molar-refractivity contribution < 1.29 is 4.79 Å². The van der Waals surface area contributed by atoms with Crippen molar-refractivity contribution in [1.82, 2.24) is 14.7 Å². The van der Waals surface area contributed by atoms with Crippen LogP contribution in [0.3, 0.4) is 0 Å². The first kappa shape index (κ1) is 21.1. The number of likely N-dealkylation sites (tertiary alicyclic amines) is 3. The van der Waals surface area contributed by atoms with Crippen molar-refractivity contribution >= 4 is 5.91 Å². The third-order valence-electron chi connectivity index (χ3n) is 7.53. The first-order valence-corrected chi connectivity index (χ1v) is 11.7. The number of hydrogen-bond acceptors (Lipinski definition) is 3. The molecule has 0 unspecified atom stereocenters. The van der Waals surface area contributed by atoms with Crippen molar-refractivity contribution in [3.63, 3.8) is 0 Å². The third kappa shape index (κ3) is 5.69. The lowest BCUT2D eigenvalue weighted by molar-refractivity contribution is -0.135. The SMILES string of the molecule is CC(C)C(=O)N1CCC(CN2CCC(N3CCC(C(C)C)CC3)CC2)CC1. The van der Waals surface area contributed by atoms with Crippen molar-refractivity contribution in [3.8, 4) is 0 Å². The Kier molecular flexibility index (Phi) is 7.61. The first-order valence-electron chi connectivity index (χ1n) is 11.7. The Morgan fingerprint density at radius 2 is 1.41 bits per heavy atom. The Morgan fingerprint density at radius 3 is 1.93 bits per heavy atom. The predicted molar refractivity (Wildman–Crippen MR) is 113 cm³/mol. The molecule has 4 nitrogen and oxygen atoms in total. The second-order valence-corrected chi connectivity index (χ2v) is 10.1. The molecule has 3 aliphatic rings. The van der Waals surface area contributed by atoms with Gasteiger partial charge in [0.25, 0.3) is 0 Å². The highest BCUT2D eigenvalue weighted by Gasteiger charge is 2.30. The van der Waals surface area contributed by atoms with Crippen LogP contribution in [0, 0.1) is 23.7 Å². The quantitative estimate of drug-likeness (QED) is 0.731. The van der Waals surface area contributed by atoms with E-state index in [1.807, 2.05) is 13.8 Å². The van der Waals surface area contributed by atoms with Crippen LogP contribution in [0.4, 0.5) is 0 Å². The van der Waals surface area contributed by atoms with Crippen LogP contribution in [0.5, 0.6) is 0 Å². The van der Waals surface area contributed by atoms with Gasteiger partial charge >= 0.3 is 0 Å².